The molecule has 0 amide bonds. The van der Waals surface area contributed by atoms with Gasteiger partial charge in [-0.15, -0.1) is 0 Å². The van der Waals surface area contributed by atoms with E-state index in [4.69, 9.17) is 4.74 Å². The van der Waals surface area contributed by atoms with Crippen LogP contribution in [0, 0.1) is 0 Å². The van der Waals surface area contributed by atoms with Gasteiger partial charge in [-0.3, -0.25) is 9.78 Å². The summed E-state index contributed by atoms with van der Waals surface area (Å²) in [5.41, 5.74) is 1.37. The van der Waals surface area contributed by atoms with Gasteiger partial charge in [0.25, 0.3) is 0 Å². The number of aromatic nitrogens is 1. The van der Waals surface area contributed by atoms with Gasteiger partial charge in [-0.1, -0.05) is 0 Å². The van der Waals surface area contributed by atoms with Crippen LogP contribution in [-0.2, 0) is 0 Å². The number of Topliss-reactive ketones (excluding diaryl/α,β-unsaturated/α-hetero) is 1. The van der Waals surface area contributed by atoms with Crippen LogP contribution >= 0.6 is 0 Å². The Hall–Kier alpha value is -2.36. The molecule has 2 aromatic rings. The lowest BCUT2D eigenvalue weighted by Crippen LogP contribution is -2.20. The average molecular weight is 241 g/mol. The zero-order valence-corrected chi connectivity index (χ0v) is 9.54. The molecule has 1 aromatic carbocycles. The van der Waals surface area contributed by atoms with Crippen LogP contribution in [0.4, 0.5) is 0 Å². The average Bonchev–Trinajstić information content (AvgIpc) is 2.40. The molecule has 3 rings (SSSR count). The van der Waals surface area contributed by atoms with Crippen molar-refractivity contribution in [1.82, 2.24) is 4.98 Å². The van der Waals surface area contributed by atoms with Crippen LogP contribution in [0.15, 0.2) is 42.7 Å². The quantitative estimate of drug-likeness (QED) is 0.833. The molecule has 18 heavy (non-hydrogen) atoms. The van der Waals surface area contributed by atoms with Gasteiger partial charge in [-0.05, 0) is 35.9 Å². The molecule has 4 nitrogen and oxygen atoms in total. The van der Waals surface area contributed by atoms with E-state index in [1.165, 1.54) is 12.1 Å². The smallest absolute Gasteiger partial charge is 0.170 e. The predicted octanol–water partition coefficient (Wildman–Crippen LogP) is 2.49. The number of ketones is 1. The Morgan fingerprint density at radius 1 is 1.22 bits per heavy atom. The van der Waals surface area contributed by atoms with Crippen LogP contribution in [0.5, 0.6) is 11.5 Å². The van der Waals surface area contributed by atoms with Crippen molar-refractivity contribution >= 4 is 5.78 Å². The van der Waals surface area contributed by atoms with E-state index in [1.54, 1.807) is 18.5 Å². The summed E-state index contributed by atoms with van der Waals surface area (Å²) < 4.78 is 5.78. The summed E-state index contributed by atoms with van der Waals surface area (Å²) in [6.45, 7) is 0. The number of phenolic OH excluding ortho intramolecular Hbond substituents is 1. The van der Waals surface area contributed by atoms with E-state index in [-0.39, 0.29) is 24.1 Å². The number of nitrogens with zero attached hydrogens (tertiary/aromatic N) is 1. The zero-order valence-electron chi connectivity index (χ0n) is 9.54. The third kappa shape index (κ3) is 1.82. The van der Waals surface area contributed by atoms with Crippen LogP contribution in [0.3, 0.4) is 0 Å². The van der Waals surface area contributed by atoms with E-state index in [9.17, 15) is 9.90 Å². The molecule has 1 atom stereocenters. The van der Waals surface area contributed by atoms with E-state index >= 15 is 0 Å². The maximum Gasteiger partial charge on any atom is 0.170 e. The minimum absolute atomic E-state index is 0.0195. The zero-order chi connectivity index (χ0) is 12.5. The summed E-state index contributed by atoms with van der Waals surface area (Å²) in [6, 6.07) is 8.25. The topological polar surface area (TPSA) is 59.4 Å². The van der Waals surface area contributed by atoms with Crippen LogP contribution in [-0.4, -0.2) is 15.9 Å². The Kier molecular flexibility index (Phi) is 2.48. The van der Waals surface area contributed by atoms with E-state index in [0.717, 1.165) is 5.56 Å². The number of rotatable bonds is 1. The van der Waals surface area contributed by atoms with Crippen LogP contribution in [0.2, 0.25) is 0 Å². The van der Waals surface area contributed by atoms with E-state index < -0.39 is 0 Å². The van der Waals surface area contributed by atoms with Gasteiger partial charge in [-0.2, -0.15) is 0 Å². The Bertz CT molecular complexity index is 595. The van der Waals surface area contributed by atoms with Crippen molar-refractivity contribution in [1.29, 1.82) is 0 Å². The molecule has 0 fully saturated rings. The van der Waals surface area contributed by atoms with Gasteiger partial charge in [0.15, 0.2) is 5.78 Å². The third-order valence-electron chi connectivity index (χ3n) is 2.98. The molecule has 1 aliphatic heterocycles. The predicted molar refractivity (Wildman–Crippen MR) is 64.7 cm³/mol. The van der Waals surface area contributed by atoms with Crippen molar-refractivity contribution in [3.05, 3.63) is 53.9 Å². The SMILES string of the molecule is O=C1CC(c2ccncc2)Oc2ccc(O)cc21. The van der Waals surface area contributed by atoms with Crippen molar-refractivity contribution in [3.8, 4) is 11.5 Å². The number of benzene rings is 1. The van der Waals surface area contributed by atoms with Crippen LogP contribution in [0.1, 0.15) is 28.4 Å². The molecule has 1 aromatic heterocycles. The lowest BCUT2D eigenvalue weighted by Gasteiger charge is -2.25. The highest BCUT2D eigenvalue weighted by Crippen LogP contribution is 2.36. The molecule has 1 unspecified atom stereocenters. The highest BCUT2D eigenvalue weighted by Gasteiger charge is 2.27. The highest BCUT2D eigenvalue weighted by molar-refractivity contribution is 6.00. The second-order valence-electron chi connectivity index (χ2n) is 4.19. The number of ether oxygens (including phenoxy) is 1. The van der Waals surface area contributed by atoms with Crippen LogP contribution < -0.4 is 4.74 Å². The van der Waals surface area contributed by atoms with Crippen LogP contribution in [0.25, 0.3) is 0 Å². The second-order valence-corrected chi connectivity index (χ2v) is 4.19. The van der Waals surface area contributed by atoms with Gasteiger partial charge in [0.2, 0.25) is 0 Å². The Balaban J connectivity index is 1.97. The number of carbonyl (C=O) groups is 1. The fourth-order valence-electron chi connectivity index (χ4n) is 2.08. The number of hydrogen-bond acceptors (Lipinski definition) is 4. The lowest BCUT2D eigenvalue weighted by atomic mass is 9.97. The summed E-state index contributed by atoms with van der Waals surface area (Å²) in [7, 11) is 0. The number of carbonyl (C=O) groups excluding carboxylic acids is 1. The molecule has 4 heteroatoms. The summed E-state index contributed by atoms with van der Waals surface area (Å²) >= 11 is 0. The van der Waals surface area contributed by atoms with Gasteiger partial charge in [-0.25, -0.2) is 0 Å². The molecule has 0 radical (unpaired) electrons. The molecule has 90 valence electrons. The number of phenols is 1. The first-order chi connectivity index (χ1) is 8.74. The van der Waals surface area contributed by atoms with Crippen molar-refractivity contribution in [2.24, 2.45) is 0 Å². The van der Waals surface area contributed by atoms with E-state index in [0.29, 0.717) is 11.3 Å². The summed E-state index contributed by atoms with van der Waals surface area (Å²) in [6.07, 6.45) is 3.35. The molecule has 0 saturated heterocycles. The molecule has 0 aliphatic carbocycles. The highest BCUT2D eigenvalue weighted by atomic mass is 16.5. The maximum absolute atomic E-state index is 12.0. The van der Waals surface area contributed by atoms with Gasteiger partial charge in [0.1, 0.15) is 17.6 Å². The monoisotopic (exact) mass is 241 g/mol. The number of pyridine rings is 1. The first kappa shape index (κ1) is 10.8. The normalized spacial score (nSPS) is 18.0. The summed E-state index contributed by atoms with van der Waals surface area (Å²) in [5.74, 6) is 0.577. The van der Waals surface area contributed by atoms with Gasteiger partial charge < -0.3 is 9.84 Å². The Labute approximate surface area is 104 Å². The molecular formula is C14H11NO3. The van der Waals surface area contributed by atoms with E-state index in [2.05, 4.69) is 4.98 Å². The largest absolute Gasteiger partial charge is 0.508 e. The molecule has 1 N–H and O–H groups in total. The Morgan fingerprint density at radius 3 is 2.78 bits per heavy atom. The summed E-state index contributed by atoms with van der Waals surface area (Å²) in [4.78, 5) is 16.0. The Morgan fingerprint density at radius 2 is 2.00 bits per heavy atom. The molecule has 0 spiro atoms. The second kappa shape index (κ2) is 4.14. The van der Waals surface area contributed by atoms with Gasteiger partial charge >= 0.3 is 0 Å². The summed E-state index contributed by atoms with van der Waals surface area (Å²) in [5, 5.41) is 9.37. The van der Waals surface area contributed by atoms with Crippen molar-refractivity contribution < 1.29 is 14.6 Å². The first-order valence-corrected chi connectivity index (χ1v) is 5.67. The van der Waals surface area contributed by atoms with Gasteiger partial charge in [0.05, 0.1) is 12.0 Å². The first-order valence-electron chi connectivity index (χ1n) is 5.67. The van der Waals surface area contributed by atoms with Gasteiger partial charge in [0, 0.05) is 12.4 Å². The molecule has 0 bridgehead atoms. The number of fused-ring (bicyclic) bond motifs is 1. The fraction of sp³-hybridized carbons (Fsp3) is 0.143. The minimum atomic E-state index is -0.280. The van der Waals surface area contributed by atoms with Crippen molar-refractivity contribution in [2.45, 2.75) is 12.5 Å². The van der Waals surface area contributed by atoms with Crippen molar-refractivity contribution in [3.63, 3.8) is 0 Å². The minimum Gasteiger partial charge on any atom is -0.508 e. The molecule has 0 saturated carbocycles. The third-order valence-corrected chi connectivity index (χ3v) is 2.98. The molecular weight excluding hydrogens is 230 g/mol. The van der Waals surface area contributed by atoms with Crippen molar-refractivity contribution in [2.75, 3.05) is 0 Å². The lowest BCUT2D eigenvalue weighted by molar-refractivity contribution is 0.0849. The fourth-order valence-corrected chi connectivity index (χ4v) is 2.08. The number of hydrogen-bond donors (Lipinski definition) is 1. The number of aromatic hydroxyl groups is 1. The molecule has 2 heterocycles. The standard InChI is InChI=1S/C14H11NO3/c16-10-1-2-13-11(7-10)12(17)8-14(18-13)9-3-5-15-6-4-9/h1-7,14,16H,8H2. The maximum atomic E-state index is 12.0. The molecule has 1 aliphatic rings. The van der Waals surface area contributed by atoms with E-state index in [1.807, 2.05) is 12.1 Å².